The van der Waals surface area contributed by atoms with Crippen molar-refractivity contribution in [1.29, 1.82) is 0 Å². The summed E-state index contributed by atoms with van der Waals surface area (Å²) in [5, 5.41) is 0. The molecule has 1 saturated heterocycles. The summed E-state index contributed by atoms with van der Waals surface area (Å²) >= 11 is 0. The van der Waals surface area contributed by atoms with E-state index in [9.17, 15) is 4.79 Å². The van der Waals surface area contributed by atoms with Crippen LogP contribution in [-0.4, -0.2) is 51.9 Å². The van der Waals surface area contributed by atoms with Gasteiger partial charge in [0.15, 0.2) is 0 Å². The molecule has 6 heteroatoms. The van der Waals surface area contributed by atoms with Crippen LogP contribution in [-0.2, 0) is 0 Å². The Morgan fingerprint density at radius 3 is 2.48 bits per heavy atom. The van der Waals surface area contributed by atoms with E-state index in [2.05, 4.69) is 19.9 Å². The number of hydrogen-bond donors (Lipinski definition) is 0. The van der Waals surface area contributed by atoms with E-state index < -0.39 is 0 Å². The fourth-order valence-electron chi connectivity index (χ4n) is 2.43. The average Bonchev–Trinajstić information content (AvgIpc) is 2.82. The Bertz CT molecular complexity index is 590. The molecular weight excluding hydrogens is 266 g/mol. The predicted molar refractivity (Wildman–Crippen MR) is 79.0 cm³/mol. The summed E-state index contributed by atoms with van der Waals surface area (Å²) in [4.78, 5) is 29.1. The Balaban J connectivity index is 1.67. The number of carbonyl (C=O) groups excluding carboxylic acids is 1. The maximum atomic E-state index is 12.4. The Morgan fingerprint density at radius 1 is 0.905 bits per heavy atom. The SMILES string of the molecule is O=C(c1ccccn1)N1CCCN(c2ncccn2)CC1. The second-order valence-corrected chi connectivity index (χ2v) is 4.90. The molecule has 0 radical (unpaired) electrons. The Labute approximate surface area is 123 Å². The van der Waals surface area contributed by atoms with E-state index in [1.807, 2.05) is 17.0 Å². The van der Waals surface area contributed by atoms with Gasteiger partial charge in [0.05, 0.1) is 0 Å². The molecule has 0 spiro atoms. The minimum absolute atomic E-state index is 0.00794. The van der Waals surface area contributed by atoms with Gasteiger partial charge in [0.1, 0.15) is 5.69 Å². The maximum Gasteiger partial charge on any atom is 0.272 e. The lowest BCUT2D eigenvalue weighted by atomic mass is 10.3. The van der Waals surface area contributed by atoms with Gasteiger partial charge in [0, 0.05) is 44.8 Å². The highest BCUT2D eigenvalue weighted by molar-refractivity contribution is 5.92. The van der Waals surface area contributed by atoms with Crippen molar-refractivity contribution in [3.8, 4) is 0 Å². The summed E-state index contributed by atoms with van der Waals surface area (Å²) in [7, 11) is 0. The minimum atomic E-state index is -0.00794. The standard InChI is InChI=1S/C15H17N5O/c21-14(13-5-1-2-6-16-13)19-9-4-10-20(12-11-19)15-17-7-3-8-18-15/h1-3,5-8H,4,9-12H2. The summed E-state index contributed by atoms with van der Waals surface area (Å²) in [5.74, 6) is 0.719. The average molecular weight is 283 g/mol. The minimum Gasteiger partial charge on any atom is -0.339 e. The van der Waals surface area contributed by atoms with E-state index in [0.29, 0.717) is 12.2 Å². The predicted octanol–water partition coefficient (Wildman–Crippen LogP) is 1.22. The molecule has 3 rings (SSSR count). The Morgan fingerprint density at radius 2 is 1.71 bits per heavy atom. The normalized spacial score (nSPS) is 15.6. The molecule has 0 N–H and O–H groups in total. The van der Waals surface area contributed by atoms with E-state index in [4.69, 9.17) is 0 Å². The van der Waals surface area contributed by atoms with E-state index in [1.165, 1.54) is 0 Å². The van der Waals surface area contributed by atoms with Crippen molar-refractivity contribution in [2.24, 2.45) is 0 Å². The third-order valence-electron chi connectivity index (χ3n) is 3.50. The van der Waals surface area contributed by atoms with E-state index in [1.54, 1.807) is 30.7 Å². The van der Waals surface area contributed by atoms with Crippen LogP contribution in [0.15, 0.2) is 42.9 Å². The van der Waals surface area contributed by atoms with E-state index in [-0.39, 0.29) is 5.91 Å². The first-order chi connectivity index (χ1) is 10.3. The zero-order valence-corrected chi connectivity index (χ0v) is 11.7. The first-order valence-electron chi connectivity index (χ1n) is 7.07. The van der Waals surface area contributed by atoms with Crippen LogP contribution in [0.4, 0.5) is 5.95 Å². The van der Waals surface area contributed by atoms with Crippen molar-refractivity contribution < 1.29 is 4.79 Å². The van der Waals surface area contributed by atoms with Crippen LogP contribution in [0.2, 0.25) is 0 Å². The third-order valence-corrected chi connectivity index (χ3v) is 3.50. The highest BCUT2D eigenvalue weighted by Crippen LogP contribution is 2.12. The van der Waals surface area contributed by atoms with Crippen LogP contribution >= 0.6 is 0 Å². The molecule has 1 aliphatic heterocycles. The molecule has 0 saturated carbocycles. The first-order valence-corrected chi connectivity index (χ1v) is 7.07. The highest BCUT2D eigenvalue weighted by atomic mass is 16.2. The van der Waals surface area contributed by atoms with Gasteiger partial charge < -0.3 is 9.80 Å². The van der Waals surface area contributed by atoms with Crippen LogP contribution < -0.4 is 4.90 Å². The van der Waals surface area contributed by atoms with Gasteiger partial charge in [-0.2, -0.15) is 0 Å². The molecule has 3 heterocycles. The molecular formula is C15H17N5O. The second kappa shape index (κ2) is 6.30. The number of aromatic nitrogens is 3. The van der Waals surface area contributed by atoms with E-state index in [0.717, 1.165) is 32.0 Å². The van der Waals surface area contributed by atoms with Crippen molar-refractivity contribution in [3.05, 3.63) is 48.5 Å². The van der Waals surface area contributed by atoms with Gasteiger partial charge in [0.25, 0.3) is 5.91 Å². The fraction of sp³-hybridized carbons (Fsp3) is 0.333. The van der Waals surface area contributed by atoms with Gasteiger partial charge in [-0.25, -0.2) is 9.97 Å². The number of hydrogen-bond acceptors (Lipinski definition) is 5. The topological polar surface area (TPSA) is 62.2 Å². The quantitative estimate of drug-likeness (QED) is 0.829. The number of nitrogens with zero attached hydrogens (tertiary/aromatic N) is 5. The molecule has 0 aromatic carbocycles. The van der Waals surface area contributed by atoms with Crippen LogP contribution in [0, 0.1) is 0 Å². The summed E-state index contributed by atoms with van der Waals surface area (Å²) in [6.07, 6.45) is 6.03. The fourth-order valence-corrected chi connectivity index (χ4v) is 2.43. The summed E-state index contributed by atoms with van der Waals surface area (Å²) < 4.78 is 0. The molecule has 0 aliphatic carbocycles. The first kappa shape index (κ1) is 13.5. The van der Waals surface area contributed by atoms with Gasteiger partial charge in [0.2, 0.25) is 5.95 Å². The number of amides is 1. The third kappa shape index (κ3) is 3.16. The summed E-state index contributed by atoms with van der Waals surface area (Å²) in [5.41, 5.74) is 0.502. The van der Waals surface area contributed by atoms with E-state index >= 15 is 0 Å². The van der Waals surface area contributed by atoms with Crippen molar-refractivity contribution in [2.45, 2.75) is 6.42 Å². The largest absolute Gasteiger partial charge is 0.339 e. The molecule has 1 amide bonds. The number of anilines is 1. The molecule has 21 heavy (non-hydrogen) atoms. The molecule has 0 bridgehead atoms. The summed E-state index contributed by atoms with van der Waals surface area (Å²) in [6, 6.07) is 7.21. The number of carbonyl (C=O) groups is 1. The lowest BCUT2D eigenvalue weighted by Gasteiger charge is -2.21. The second-order valence-electron chi connectivity index (χ2n) is 4.90. The summed E-state index contributed by atoms with van der Waals surface area (Å²) in [6.45, 7) is 2.99. The van der Waals surface area contributed by atoms with Gasteiger partial charge in [-0.15, -0.1) is 0 Å². The van der Waals surface area contributed by atoms with Crippen LogP contribution in [0.5, 0.6) is 0 Å². The Hall–Kier alpha value is -2.50. The highest BCUT2D eigenvalue weighted by Gasteiger charge is 2.21. The Kier molecular flexibility index (Phi) is 4.04. The molecule has 0 atom stereocenters. The van der Waals surface area contributed by atoms with Crippen molar-refractivity contribution >= 4 is 11.9 Å². The van der Waals surface area contributed by atoms with Gasteiger partial charge in [-0.05, 0) is 24.6 Å². The maximum absolute atomic E-state index is 12.4. The zero-order chi connectivity index (χ0) is 14.5. The van der Waals surface area contributed by atoms with Gasteiger partial charge in [-0.1, -0.05) is 6.07 Å². The van der Waals surface area contributed by atoms with Crippen LogP contribution in [0.3, 0.4) is 0 Å². The van der Waals surface area contributed by atoms with Gasteiger partial charge in [-0.3, -0.25) is 9.78 Å². The smallest absolute Gasteiger partial charge is 0.272 e. The number of pyridine rings is 1. The van der Waals surface area contributed by atoms with Crippen molar-refractivity contribution in [1.82, 2.24) is 19.9 Å². The molecule has 2 aromatic heterocycles. The molecule has 1 fully saturated rings. The monoisotopic (exact) mass is 283 g/mol. The van der Waals surface area contributed by atoms with Crippen molar-refractivity contribution in [2.75, 3.05) is 31.1 Å². The molecule has 6 nitrogen and oxygen atoms in total. The van der Waals surface area contributed by atoms with Gasteiger partial charge >= 0.3 is 0 Å². The molecule has 1 aliphatic rings. The molecule has 2 aromatic rings. The number of rotatable bonds is 2. The van der Waals surface area contributed by atoms with Crippen LogP contribution in [0.25, 0.3) is 0 Å². The molecule has 108 valence electrons. The lowest BCUT2D eigenvalue weighted by Crippen LogP contribution is -2.36. The lowest BCUT2D eigenvalue weighted by molar-refractivity contribution is 0.0761. The van der Waals surface area contributed by atoms with Crippen molar-refractivity contribution in [3.63, 3.8) is 0 Å². The molecule has 0 unspecified atom stereocenters. The zero-order valence-electron chi connectivity index (χ0n) is 11.7. The van der Waals surface area contributed by atoms with Crippen LogP contribution in [0.1, 0.15) is 16.9 Å².